The molecule has 0 aliphatic carbocycles. The Bertz CT molecular complexity index is 1010. The summed E-state index contributed by atoms with van der Waals surface area (Å²) in [6.07, 6.45) is 2.50. The summed E-state index contributed by atoms with van der Waals surface area (Å²) in [5.74, 6) is 0.204. The van der Waals surface area contributed by atoms with E-state index in [1.54, 1.807) is 55.7 Å². The van der Waals surface area contributed by atoms with E-state index in [0.29, 0.717) is 22.7 Å². The normalized spacial score (nSPS) is 15.8. The minimum Gasteiger partial charge on any atom is -0.493 e. The second kappa shape index (κ2) is 10.2. The van der Waals surface area contributed by atoms with Crippen molar-refractivity contribution in [1.82, 2.24) is 4.90 Å². The molecule has 1 aliphatic heterocycles. The predicted molar refractivity (Wildman–Crippen MR) is 121 cm³/mol. The van der Waals surface area contributed by atoms with Crippen molar-refractivity contribution in [3.8, 4) is 11.5 Å². The Kier molecular flexibility index (Phi) is 7.36. The topological polar surface area (TPSA) is 84.9 Å². The first-order valence-electron chi connectivity index (χ1n) is 9.86. The van der Waals surface area contributed by atoms with Crippen LogP contribution < -0.4 is 14.8 Å². The third-order valence-corrected chi connectivity index (χ3v) is 5.53. The number of carbonyl (C=O) groups excluding carboxylic acids is 3. The molecule has 1 N–H and O–H groups in total. The number of anilines is 1. The number of carbonyl (C=O) groups is 3. The van der Waals surface area contributed by atoms with Crippen molar-refractivity contribution in [3.63, 3.8) is 0 Å². The van der Waals surface area contributed by atoms with Crippen LogP contribution in [0.3, 0.4) is 0 Å². The molecule has 2 aromatic carbocycles. The Morgan fingerprint density at radius 1 is 1.16 bits per heavy atom. The lowest BCUT2D eigenvalue weighted by Gasteiger charge is -2.15. The lowest BCUT2D eigenvalue weighted by atomic mass is 10.1. The highest BCUT2D eigenvalue weighted by atomic mass is 32.2. The molecule has 0 spiro atoms. The Morgan fingerprint density at radius 2 is 1.90 bits per heavy atom. The average molecular weight is 441 g/mol. The number of benzene rings is 2. The smallest absolute Gasteiger partial charge is 0.294 e. The molecule has 1 fully saturated rings. The molecule has 2 aromatic rings. The lowest BCUT2D eigenvalue weighted by Crippen LogP contribution is -2.36. The Morgan fingerprint density at radius 3 is 2.58 bits per heavy atom. The maximum atomic E-state index is 12.7. The van der Waals surface area contributed by atoms with E-state index in [-0.39, 0.29) is 17.6 Å². The summed E-state index contributed by atoms with van der Waals surface area (Å²) >= 11 is 0.803. The van der Waals surface area contributed by atoms with Gasteiger partial charge in [0.15, 0.2) is 11.5 Å². The van der Waals surface area contributed by atoms with Gasteiger partial charge in [-0.3, -0.25) is 19.3 Å². The minimum atomic E-state index is -0.503. The van der Waals surface area contributed by atoms with E-state index in [9.17, 15) is 14.4 Å². The molecule has 1 saturated heterocycles. The van der Waals surface area contributed by atoms with Crippen LogP contribution in [0.1, 0.15) is 25.8 Å². The van der Waals surface area contributed by atoms with Gasteiger partial charge < -0.3 is 14.8 Å². The van der Waals surface area contributed by atoms with Gasteiger partial charge in [0.2, 0.25) is 5.91 Å². The lowest BCUT2D eigenvalue weighted by molar-refractivity contribution is -0.127. The van der Waals surface area contributed by atoms with E-state index in [1.807, 2.05) is 19.9 Å². The summed E-state index contributed by atoms with van der Waals surface area (Å²) < 4.78 is 11.2. The van der Waals surface area contributed by atoms with E-state index < -0.39 is 17.1 Å². The maximum Gasteiger partial charge on any atom is 0.294 e. The summed E-state index contributed by atoms with van der Waals surface area (Å²) in [7, 11) is 1.54. The van der Waals surface area contributed by atoms with Gasteiger partial charge in [-0.05, 0) is 61.0 Å². The number of amides is 3. The summed E-state index contributed by atoms with van der Waals surface area (Å²) in [5, 5.41) is 2.19. The molecule has 3 rings (SSSR count). The standard InChI is InChI=1S/C23H24N2O5S/c1-4-15(2)30-18-11-10-16(12-19(18)29-3)13-20-22(27)25(23(28)31-20)14-21(26)24-17-8-6-5-7-9-17/h5-13,15H,4,14H2,1-3H3,(H,24,26)/b20-13-/t15-/m0/s1. The van der Waals surface area contributed by atoms with E-state index in [2.05, 4.69) is 5.32 Å². The van der Waals surface area contributed by atoms with Gasteiger partial charge in [0.05, 0.1) is 18.1 Å². The fraction of sp³-hybridized carbons (Fsp3) is 0.261. The number of imide groups is 1. The molecule has 1 atom stereocenters. The van der Waals surface area contributed by atoms with Crippen LogP contribution in [0.25, 0.3) is 6.08 Å². The summed E-state index contributed by atoms with van der Waals surface area (Å²) in [4.78, 5) is 38.4. The molecule has 0 unspecified atom stereocenters. The number of para-hydroxylation sites is 1. The van der Waals surface area contributed by atoms with Gasteiger partial charge in [0, 0.05) is 5.69 Å². The molecule has 0 radical (unpaired) electrons. The Hall–Kier alpha value is -3.26. The second-order valence-corrected chi connectivity index (χ2v) is 7.92. The number of nitrogens with one attached hydrogen (secondary N) is 1. The molecule has 162 valence electrons. The van der Waals surface area contributed by atoms with Crippen LogP contribution in [-0.2, 0) is 9.59 Å². The first-order valence-corrected chi connectivity index (χ1v) is 10.7. The number of methoxy groups -OCH3 is 1. The number of ether oxygens (including phenoxy) is 2. The Labute approximate surface area is 185 Å². The highest BCUT2D eigenvalue weighted by Gasteiger charge is 2.36. The van der Waals surface area contributed by atoms with Crippen molar-refractivity contribution < 1.29 is 23.9 Å². The molecule has 0 bridgehead atoms. The fourth-order valence-electron chi connectivity index (χ4n) is 2.82. The third-order valence-electron chi connectivity index (χ3n) is 4.62. The number of hydrogen-bond donors (Lipinski definition) is 1. The van der Waals surface area contributed by atoms with Gasteiger partial charge >= 0.3 is 0 Å². The summed E-state index contributed by atoms with van der Waals surface area (Å²) in [6, 6.07) is 14.2. The number of hydrogen-bond acceptors (Lipinski definition) is 6. The summed E-state index contributed by atoms with van der Waals surface area (Å²) in [5.41, 5.74) is 1.29. The third kappa shape index (κ3) is 5.67. The van der Waals surface area contributed by atoms with Gasteiger partial charge in [0.1, 0.15) is 6.54 Å². The molecule has 1 heterocycles. The molecule has 31 heavy (non-hydrogen) atoms. The molecular weight excluding hydrogens is 416 g/mol. The van der Waals surface area contributed by atoms with Gasteiger partial charge in [-0.2, -0.15) is 0 Å². The quantitative estimate of drug-likeness (QED) is 0.607. The zero-order chi connectivity index (χ0) is 22.4. The van der Waals surface area contributed by atoms with Crippen LogP contribution in [0.15, 0.2) is 53.4 Å². The molecule has 1 aliphatic rings. The van der Waals surface area contributed by atoms with Crippen LogP contribution in [0, 0.1) is 0 Å². The highest BCUT2D eigenvalue weighted by molar-refractivity contribution is 8.18. The summed E-state index contributed by atoms with van der Waals surface area (Å²) in [6.45, 7) is 3.65. The van der Waals surface area contributed by atoms with E-state index in [4.69, 9.17) is 9.47 Å². The van der Waals surface area contributed by atoms with E-state index >= 15 is 0 Å². The maximum absolute atomic E-state index is 12.7. The van der Waals surface area contributed by atoms with Crippen LogP contribution >= 0.6 is 11.8 Å². The highest BCUT2D eigenvalue weighted by Crippen LogP contribution is 2.34. The van der Waals surface area contributed by atoms with Crippen LogP contribution in [0.5, 0.6) is 11.5 Å². The molecule has 3 amide bonds. The van der Waals surface area contributed by atoms with Crippen molar-refractivity contribution in [2.24, 2.45) is 0 Å². The van der Waals surface area contributed by atoms with Gasteiger partial charge in [0.25, 0.3) is 11.1 Å². The second-order valence-electron chi connectivity index (χ2n) is 6.93. The first kappa shape index (κ1) is 22.4. The Balaban J connectivity index is 1.71. The van der Waals surface area contributed by atoms with Crippen molar-refractivity contribution in [1.29, 1.82) is 0 Å². The fourth-order valence-corrected chi connectivity index (χ4v) is 3.66. The largest absolute Gasteiger partial charge is 0.493 e. The molecule has 7 nitrogen and oxygen atoms in total. The van der Waals surface area contributed by atoms with Crippen molar-refractivity contribution >= 4 is 40.6 Å². The number of nitrogens with zero attached hydrogens (tertiary/aromatic N) is 1. The zero-order valence-electron chi connectivity index (χ0n) is 17.6. The van der Waals surface area contributed by atoms with Crippen molar-refractivity contribution in [3.05, 3.63) is 59.0 Å². The molecule has 0 aromatic heterocycles. The minimum absolute atomic E-state index is 0.0401. The van der Waals surface area contributed by atoms with Crippen molar-refractivity contribution in [2.45, 2.75) is 26.4 Å². The monoisotopic (exact) mass is 440 g/mol. The van der Waals surface area contributed by atoms with Gasteiger partial charge in [-0.15, -0.1) is 0 Å². The zero-order valence-corrected chi connectivity index (χ0v) is 18.4. The number of rotatable bonds is 8. The van der Waals surface area contributed by atoms with Gasteiger partial charge in [-0.1, -0.05) is 31.2 Å². The average Bonchev–Trinajstić information content (AvgIpc) is 3.02. The van der Waals surface area contributed by atoms with Crippen LogP contribution in [-0.4, -0.2) is 41.7 Å². The van der Waals surface area contributed by atoms with E-state index in [0.717, 1.165) is 23.1 Å². The molecule has 0 saturated carbocycles. The SMILES string of the molecule is CC[C@H](C)Oc1ccc(/C=C2\SC(=O)N(CC(=O)Nc3ccccc3)C2=O)cc1OC. The van der Waals surface area contributed by atoms with Crippen LogP contribution in [0.2, 0.25) is 0 Å². The first-order chi connectivity index (χ1) is 14.9. The van der Waals surface area contributed by atoms with Gasteiger partial charge in [-0.25, -0.2) is 0 Å². The molecular formula is C23H24N2O5S. The van der Waals surface area contributed by atoms with Crippen molar-refractivity contribution in [2.75, 3.05) is 19.0 Å². The molecule has 8 heteroatoms. The predicted octanol–water partition coefficient (Wildman–Crippen LogP) is 4.55. The van der Waals surface area contributed by atoms with E-state index in [1.165, 1.54) is 0 Å². The van der Waals surface area contributed by atoms with Crippen LogP contribution in [0.4, 0.5) is 10.5 Å². The number of thioether (sulfide) groups is 1.